The van der Waals surface area contributed by atoms with E-state index >= 15 is 0 Å². The molecular formula is C10H7NO4. The maximum Gasteiger partial charge on any atom is 0.289 e. The molecule has 15 heavy (non-hydrogen) atoms. The molecule has 5 nitrogen and oxygen atoms in total. The van der Waals surface area contributed by atoms with Gasteiger partial charge in [-0.15, -0.1) is 0 Å². The molecule has 0 atom stereocenters. The Morgan fingerprint density at radius 1 is 1.13 bits per heavy atom. The van der Waals surface area contributed by atoms with Gasteiger partial charge in [0.05, 0.1) is 0 Å². The minimum absolute atomic E-state index is 0.0246. The molecule has 2 N–H and O–H groups in total. The normalized spacial score (nSPS) is 9.33. The lowest BCUT2D eigenvalue weighted by Crippen LogP contribution is -2.24. The van der Waals surface area contributed by atoms with Crippen LogP contribution in [0.2, 0.25) is 0 Å². The Bertz CT molecular complexity index is 451. The molecule has 0 fully saturated rings. The van der Waals surface area contributed by atoms with Gasteiger partial charge in [0.25, 0.3) is 11.7 Å². The number of amides is 1. The predicted octanol–water partition coefficient (Wildman–Crippen LogP) is -0.0204. The Kier molecular flexibility index (Phi) is 3.07. The van der Waals surface area contributed by atoms with Crippen molar-refractivity contribution in [2.75, 3.05) is 0 Å². The van der Waals surface area contributed by atoms with Crippen LogP contribution in [0.25, 0.3) is 0 Å². The van der Waals surface area contributed by atoms with Gasteiger partial charge < -0.3 is 5.73 Å². The Labute approximate surface area is 84.9 Å². The number of carbonyl (C=O) groups excluding carboxylic acids is 4. The van der Waals surface area contributed by atoms with Crippen molar-refractivity contribution in [3.8, 4) is 0 Å². The van der Waals surface area contributed by atoms with Crippen molar-refractivity contribution in [2.24, 2.45) is 5.73 Å². The van der Waals surface area contributed by atoms with Crippen molar-refractivity contribution in [3.05, 3.63) is 34.9 Å². The summed E-state index contributed by atoms with van der Waals surface area (Å²) in [7, 11) is 0. The Morgan fingerprint density at radius 2 is 1.80 bits per heavy atom. The topological polar surface area (TPSA) is 94.3 Å². The summed E-state index contributed by atoms with van der Waals surface area (Å²) in [5.41, 5.74) is 4.92. The molecule has 0 bridgehead atoms. The zero-order valence-corrected chi connectivity index (χ0v) is 7.60. The van der Waals surface area contributed by atoms with Gasteiger partial charge in [0, 0.05) is 16.7 Å². The van der Waals surface area contributed by atoms with Gasteiger partial charge in [0.15, 0.2) is 6.29 Å². The molecule has 0 spiro atoms. The van der Waals surface area contributed by atoms with Gasteiger partial charge in [-0.3, -0.25) is 19.2 Å². The fourth-order valence-electron chi connectivity index (χ4n) is 1.09. The second kappa shape index (κ2) is 4.28. The van der Waals surface area contributed by atoms with E-state index in [0.717, 1.165) is 0 Å². The molecule has 1 aromatic rings. The van der Waals surface area contributed by atoms with E-state index in [1.165, 1.54) is 18.2 Å². The van der Waals surface area contributed by atoms with Crippen molar-refractivity contribution in [1.29, 1.82) is 0 Å². The van der Waals surface area contributed by atoms with Gasteiger partial charge in [-0.1, -0.05) is 6.07 Å². The highest BCUT2D eigenvalue weighted by atomic mass is 16.2. The first kappa shape index (κ1) is 10.8. The molecule has 0 aliphatic heterocycles. The maximum atomic E-state index is 11.2. The highest BCUT2D eigenvalue weighted by Gasteiger charge is 2.16. The summed E-state index contributed by atoms with van der Waals surface area (Å²) in [4.78, 5) is 42.8. The predicted molar refractivity (Wildman–Crippen MR) is 50.7 cm³/mol. The van der Waals surface area contributed by atoms with Crippen molar-refractivity contribution in [3.63, 3.8) is 0 Å². The third-order valence-electron chi connectivity index (χ3n) is 1.81. The van der Waals surface area contributed by atoms with Crippen LogP contribution >= 0.6 is 0 Å². The van der Waals surface area contributed by atoms with Crippen molar-refractivity contribution < 1.29 is 19.2 Å². The molecular weight excluding hydrogens is 198 g/mol. The first-order valence-electron chi connectivity index (χ1n) is 3.98. The fraction of sp³-hybridized carbons (Fsp3) is 0. The summed E-state index contributed by atoms with van der Waals surface area (Å²) in [6.07, 6.45) is 0.925. The van der Waals surface area contributed by atoms with Gasteiger partial charge in [0.1, 0.15) is 6.29 Å². The van der Waals surface area contributed by atoms with Gasteiger partial charge in [-0.2, -0.15) is 0 Å². The number of hydrogen-bond donors (Lipinski definition) is 1. The lowest BCUT2D eigenvalue weighted by atomic mass is 10.0. The van der Waals surface area contributed by atoms with E-state index in [1.54, 1.807) is 0 Å². The smallest absolute Gasteiger partial charge is 0.289 e. The van der Waals surface area contributed by atoms with Crippen LogP contribution in [0.15, 0.2) is 18.2 Å². The van der Waals surface area contributed by atoms with Gasteiger partial charge in [-0.25, -0.2) is 0 Å². The zero-order valence-electron chi connectivity index (χ0n) is 7.60. The van der Waals surface area contributed by atoms with Gasteiger partial charge in [-0.05, 0) is 12.1 Å². The van der Waals surface area contributed by atoms with Crippen LogP contribution in [0.1, 0.15) is 31.1 Å². The van der Waals surface area contributed by atoms with Crippen molar-refractivity contribution in [2.45, 2.75) is 0 Å². The van der Waals surface area contributed by atoms with Crippen LogP contribution in [0, 0.1) is 0 Å². The van der Waals surface area contributed by atoms with Crippen LogP contribution < -0.4 is 5.73 Å². The van der Waals surface area contributed by atoms with Crippen molar-refractivity contribution in [1.82, 2.24) is 0 Å². The minimum atomic E-state index is -1.14. The summed E-state index contributed by atoms with van der Waals surface area (Å²) < 4.78 is 0. The van der Waals surface area contributed by atoms with E-state index in [2.05, 4.69) is 0 Å². The molecule has 0 aliphatic carbocycles. The van der Waals surface area contributed by atoms with Crippen LogP contribution in [0.4, 0.5) is 0 Å². The summed E-state index contributed by atoms with van der Waals surface area (Å²) >= 11 is 0. The third-order valence-corrected chi connectivity index (χ3v) is 1.81. The van der Waals surface area contributed by atoms with E-state index in [4.69, 9.17) is 5.73 Å². The maximum absolute atomic E-state index is 11.2. The SMILES string of the molecule is NC(=O)C(=O)c1ccc(C=O)cc1C=O. The number of benzene rings is 1. The zero-order chi connectivity index (χ0) is 11.4. The second-order valence-electron chi connectivity index (χ2n) is 2.78. The van der Waals surface area contributed by atoms with E-state index in [0.29, 0.717) is 12.6 Å². The lowest BCUT2D eigenvalue weighted by Gasteiger charge is -2.01. The fourth-order valence-corrected chi connectivity index (χ4v) is 1.09. The molecule has 5 heteroatoms. The monoisotopic (exact) mass is 205 g/mol. The lowest BCUT2D eigenvalue weighted by molar-refractivity contribution is -0.114. The quantitative estimate of drug-likeness (QED) is 0.424. The molecule has 1 aromatic carbocycles. The molecule has 76 valence electrons. The second-order valence-corrected chi connectivity index (χ2v) is 2.78. The summed E-state index contributed by atoms with van der Waals surface area (Å²) in [5, 5.41) is 0. The van der Waals surface area contributed by atoms with Crippen LogP contribution in [0.3, 0.4) is 0 Å². The molecule has 0 saturated heterocycles. The Morgan fingerprint density at radius 3 is 2.27 bits per heavy atom. The first-order chi connectivity index (χ1) is 7.10. The number of aldehydes is 2. The van der Waals surface area contributed by atoms with Crippen LogP contribution in [-0.2, 0) is 4.79 Å². The summed E-state index contributed by atoms with van der Waals surface area (Å²) in [6.45, 7) is 0. The highest BCUT2D eigenvalue weighted by molar-refractivity contribution is 6.43. The van der Waals surface area contributed by atoms with E-state index in [1.807, 2.05) is 0 Å². The number of Topliss-reactive ketones (excluding diaryl/α,β-unsaturated/α-hetero) is 1. The van der Waals surface area contributed by atoms with E-state index < -0.39 is 11.7 Å². The minimum Gasteiger partial charge on any atom is -0.363 e. The van der Waals surface area contributed by atoms with Gasteiger partial charge >= 0.3 is 0 Å². The molecule has 0 saturated carbocycles. The number of hydrogen-bond acceptors (Lipinski definition) is 4. The molecule has 1 rings (SSSR count). The Balaban J connectivity index is 3.30. The number of primary amides is 1. The average molecular weight is 205 g/mol. The summed E-state index contributed by atoms with van der Waals surface area (Å²) in [5.74, 6) is -2.09. The molecule has 0 radical (unpaired) electrons. The standard InChI is InChI=1S/C10H7NO4/c11-10(15)9(14)8-2-1-6(4-12)3-7(8)5-13/h1-5H,(H2,11,15). The van der Waals surface area contributed by atoms with E-state index in [9.17, 15) is 19.2 Å². The third kappa shape index (κ3) is 2.14. The van der Waals surface area contributed by atoms with E-state index in [-0.39, 0.29) is 16.7 Å². The average Bonchev–Trinajstić information content (AvgIpc) is 2.27. The summed E-state index contributed by atoms with van der Waals surface area (Å²) in [6, 6.07) is 3.77. The Hall–Kier alpha value is -2.30. The highest BCUT2D eigenvalue weighted by Crippen LogP contribution is 2.09. The number of rotatable bonds is 4. The molecule has 0 aromatic heterocycles. The number of nitrogens with two attached hydrogens (primary N) is 1. The van der Waals surface area contributed by atoms with Crippen LogP contribution in [0.5, 0.6) is 0 Å². The van der Waals surface area contributed by atoms with Crippen molar-refractivity contribution >= 4 is 24.3 Å². The largest absolute Gasteiger partial charge is 0.363 e. The van der Waals surface area contributed by atoms with Crippen LogP contribution in [-0.4, -0.2) is 24.3 Å². The molecule has 1 amide bonds. The molecule has 0 unspecified atom stereocenters. The molecule has 0 aliphatic rings. The number of carbonyl (C=O) groups is 4. The first-order valence-corrected chi connectivity index (χ1v) is 3.98. The number of ketones is 1. The molecule has 0 heterocycles. The van der Waals surface area contributed by atoms with Gasteiger partial charge in [0.2, 0.25) is 0 Å².